The van der Waals surface area contributed by atoms with Gasteiger partial charge in [0.15, 0.2) is 24.0 Å². The largest absolute Gasteiger partial charge is 0.493 e. The minimum absolute atomic E-state index is 0.134. The van der Waals surface area contributed by atoms with E-state index >= 15 is 0 Å². The van der Waals surface area contributed by atoms with E-state index < -0.39 is 36.7 Å². The third kappa shape index (κ3) is 5.76. The van der Waals surface area contributed by atoms with Crippen LogP contribution in [-0.2, 0) is 23.7 Å². The van der Waals surface area contributed by atoms with Crippen molar-refractivity contribution in [3.05, 3.63) is 17.7 Å². The number of esters is 1. The third-order valence-electron chi connectivity index (χ3n) is 6.81. The van der Waals surface area contributed by atoms with Crippen LogP contribution in [-0.4, -0.2) is 93.2 Å². The fourth-order valence-corrected chi connectivity index (χ4v) is 5.07. The van der Waals surface area contributed by atoms with Crippen LogP contribution in [0.15, 0.2) is 12.1 Å². The number of rotatable bonds is 8. The van der Waals surface area contributed by atoms with E-state index in [0.29, 0.717) is 25.2 Å². The molecule has 3 aliphatic heterocycles. The second-order valence-corrected chi connectivity index (χ2v) is 9.03. The van der Waals surface area contributed by atoms with Crippen molar-refractivity contribution < 1.29 is 47.9 Å². The van der Waals surface area contributed by atoms with Crippen molar-refractivity contribution in [2.45, 2.75) is 63.7 Å². The minimum atomic E-state index is -1.29. The summed E-state index contributed by atoms with van der Waals surface area (Å²) in [6.45, 7) is 2.51. The standard InChI is InChI=1S/C25H34N2O10/c1-4-34-21(28)14-36-15-8-9-26-18(11-15)24(37-22-7-5-6-10-35-22)27(25(30)31)17-13-20(33-3)19(32-2)12-16(17)23(26)29/h12-13,15,18,22,24H,4-11,14H2,1-3H3,(H,30,31)/t15-,18+,22?,24?/m1/s1. The summed E-state index contributed by atoms with van der Waals surface area (Å²) in [5, 5.41) is 10.4. The summed E-state index contributed by atoms with van der Waals surface area (Å²) in [4.78, 5) is 41.1. The van der Waals surface area contributed by atoms with Gasteiger partial charge >= 0.3 is 12.1 Å². The van der Waals surface area contributed by atoms with Gasteiger partial charge in [-0.15, -0.1) is 0 Å². The molecule has 0 spiro atoms. The summed E-state index contributed by atoms with van der Waals surface area (Å²) in [6, 6.07) is 2.28. The number of nitrogens with zero attached hydrogens (tertiary/aromatic N) is 2. The van der Waals surface area contributed by atoms with Crippen LogP contribution < -0.4 is 14.4 Å². The number of carbonyl (C=O) groups excluding carboxylic acids is 2. The Morgan fingerprint density at radius 2 is 1.89 bits per heavy atom. The monoisotopic (exact) mass is 522 g/mol. The molecule has 12 nitrogen and oxygen atoms in total. The molecule has 0 radical (unpaired) electrons. The van der Waals surface area contributed by atoms with Gasteiger partial charge < -0.3 is 38.4 Å². The number of benzene rings is 1. The van der Waals surface area contributed by atoms with Gasteiger partial charge in [0.2, 0.25) is 0 Å². The number of hydrogen-bond acceptors (Lipinski definition) is 9. The molecule has 0 bridgehead atoms. The van der Waals surface area contributed by atoms with Crippen LogP contribution in [0.1, 0.15) is 49.4 Å². The first kappa shape index (κ1) is 27.0. The Morgan fingerprint density at radius 3 is 2.54 bits per heavy atom. The van der Waals surface area contributed by atoms with Crippen LogP contribution in [0, 0.1) is 0 Å². The van der Waals surface area contributed by atoms with Gasteiger partial charge in [-0.3, -0.25) is 4.79 Å². The first-order valence-electron chi connectivity index (χ1n) is 12.5. The normalized spacial score (nSPS) is 25.5. The van der Waals surface area contributed by atoms with Crippen molar-refractivity contribution in [1.82, 2.24) is 4.90 Å². The molecule has 4 rings (SSSR count). The van der Waals surface area contributed by atoms with Crippen molar-refractivity contribution in [3.63, 3.8) is 0 Å². The predicted molar refractivity (Wildman–Crippen MR) is 129 cm³/mol. The Morgan fingerprint density at radius 1 is 1.14 bits per heavy atom. The van der Waals surface area contributed by atoms with Crippen molar-refractivity contribution in [3.8, 4) is 11.5 Å². The van der Waals surface area contributed by atoms with Crippen LogP contribution in [0.4, 0.5) is 10.5 Å². The number of carbonyl (C=O) groups is 3. The number of amides is 2. The van der Waals surface area contributed by atoms with Crippen molar-refractivity contribution >= 4 is 23.7 Å². The molecular formula is C25H34N2O10. The average Bonchev–Trinajstić information content (AvgIpc) is 3.00. The molecule has 3 heterocycles. The number of ether oxygens (including phenoxy) is 6. The van der Waals surface area contributed by atoms with Gasteiger partial charge in [0, 0.05) is 19.2 Å². The first-order chi connectivity index (χ1) is 17.9. The highest BCUT2D eigenvalue weighted by Crippen LogP contribution is 2.42. The fraction of sp³-hybridized carbons (Fsp3) is 0.640. The van der Waals surface area contributed by atoms with Crippen molar-refractivity contribution in [1.29, 1.82) is 0 Å². The molecule has 1 aromatic carbocycles. The molecular weight excluding hydrogens is 488 g/mol. The maximum absolute atomic E-state index is 13.8. The van der Waals surface area contributed by atoms with E-state index in [0.717, 1.165) is 17.7 Å². The number of hydrogen-bond donors (Lipinski definition) is 1. The fourth-order valence-electron chi connectivity index (χ4n) is 5.07. The van der Waals surface area contributed by atoms with Gasteiger partial charge in [-0.05, 0) is 45.1 Å². The topological polar surface area (TPSA) is 133 Å². The third-order valence-corrected chi connectivity index (χ3v) is 6.81. The van der Waals surface area contributed by atoms with Gasteiger partial charge in [-0.25, -0.2) is 14.5 Å². The first-order valence-corrected chi connectivity index (χ1v) is 12.5. The highest BCUT2D eigenvalue weighted by molar-refractivity contribution is 6.05. The molecule has 0 aliphatic carbocycles. The lowest BCUT2D eigenvalue weighted by Crippen LogP contribution is -2.59. The quantitative estimate of drug-likeness (QED) is 0.508. The lowest BCUT2D eigenvalue weighted by atomic mass is 9.97. The zero-order chi connectivity index (χ0) is 26.5. The molecule has 2 amide bonds. The number of fused-ring (bicyclic) bond motifs is 2. The summed E-state index contributed by atoms with van der Waals surface area (Å²) in [6.07, 6.45) is -0.311. The van der Waals surface area contributed by atoms with Crippen molar-refractivity contribution in [2.24, 2.45) is 0 Å². The molecule has 2 fully saturated rings. The Bertz CT molecular complexity index is 996. The van der Waals surface area contributed by atoms with Gasteiger partial charge in [0.1, 0.15) is 6.61 Å². The maximum atomic E-state index is 13.8. The average molecular weight is 523 g/mol. The van der Waals surface area contributed by atoms with E-state index in [9.17, 15) is 19.5 Å². The Labute approximate surface area is 215 Å². The summed E-state index contributed by atoms with van der Waals surface area (Å²) in [5.41, 5.74) is 0.293. The smallest absolute Gasteiger partial charge is 0.414 e. The molecule has 2 unspecified atom stereocenters. The lowest BCUT2D eigenvalue weighted by molar-refractivity contribution is -0.201. The molecule has 1 aromatic rings. The molecule has 3 aliphatic rings. The van der Waals surface area contributed by atoms with Crippen LogP contribution in [0.25, 0.3) is 0 Å². The lowest BCUT2D eigenvalue weighted by Gasteiger charge is -2.44. The Hall–Kier alpha value is -3.09. The van der Waals surface area contributed by atoms with Gasteiger partial charge in [0.25, 0.3) is 5.91 Å². The van der Waals surface area contributed by atoms with Gasteiger partial charge in [-0.1, -0.05) is 0 Å². The van der Waals surface area contributed by atoms with Crippen molar-refractivity contribution in [2.75, 3.05) is 45.5 Å². The molecule has 4 atom stereocenters. The number of methoxy groups -OCH3 is 2. The molecule has 2 saturated heterocycles. The number of piperidine rings is 1. The molecule has 12 heteroatoms. The molecule has 37 heavy (non-hydrogen) atoms. The van der Waals surface area contributed by atoms with Gasteiger partial charge in [0.05, 0.1) is 44.2 Å². The molecule has 1 N–H and O–H groups in total. The second-order valence-electron chi connectivity index (χ2n) is 9.03. The molecule has 0 aromatic heterocycles. The van der Waals surface area contributed by atoms with E-state index in [2.05, 4.69) is 0 Å². The highest BCUT2D eigenvalue weighted by atomic mass is 16.7. The van der Waals surface area contributed by atoms with E-state index in [4.69, 9.17) is 28.4 Å². The van der Waals surface area contributed by atoms with E-state index in [1.54, 1.807) is 11.8 Å². The van der Waals surface area contributed by atoms with Gasteiger partial charge in [-0.2, -0.15) is 0 Å². The Balaban J connectivity index is 1.73. The van der Waals surface area contributed by atoms with Crippen LogP contribution in [0.2, 0.25) is 0 Å². The summed E-state index contributed by atoms with van der Waals surface area (Å²) >= 11 is 0. The number of anilines is 1. The molecule has 0 saturated carbocycles. The Kier molecular flexibility index (Phi) is 8.72. The SMILES string of the molecule is CCOC(=O)CO[C@@H]1CCN2C(=O)c3cc(OC)c(OC)cc3N(C(=O)O)C(OC3CCCCO3)[C@@H]2C1. The maximum Gasteiger partial charge on any atom is 0.414 e. The predicted octanol–water partition coefficient (Wildman–Crippen LogP) is 2.62. The minimum Gasteiger partial charge on any atom is -0.493 e. The summed E-state index contributed by atoms with van der Waals surface area (Å²) in [7, 11) is 2.88. The summed E-state index contributed by atoms with van der Waals surface area (Å²) < 4.78 is 33.6. The molecule has 204 valence electrons. The zero-order valence-electron chi connectivity index (χ0n) is 21.3. The van der Waals surface area contributed by atoms with Crippen LogP contribution in [0.5, 0.6) is 11.5 Å². The second kappa shape index (κ2) is 12.0. The van der Waals surface area contributed by atoms with Crippen LogP contribution >= 0.6 is 0 Å². The zero-order valence-corrected chi connectivity index (χ0v) is 21.3. The van der Waals surface area contributed by atoms with E-state index in [-0.39, 0.29) is 49.1 Å². The highest BCUT2D eigenvalue weighted by Gasteiger charge is 2.48. The summed E-state index contributed by atoms with van der Waals surface area (Å²) in [5.74, 6) is -0.252. The van der Waals surface area contributed by atoms with Crippen LogP contribution in [0.3, 0.4) is 0 Å². The van der Waals surface area contributed by atoms with E-state index in [1.165, 1.54) is 26.4 Å². The number of carboxylic acid groups (broad SMARTS) is 1. The van der Waals surface area contributed by atoms with E-state index in [1.807, 2.05) is 0 Å².